The Kier molecular flexibility index (Phi) is 5.47. The molecule has 0 fully saturated rings. The number of fused-ring (bicyclic) bond motifs is 1. The number of nitrogens with zero attached hydrogens (tertiary/aromatic N) is 2. The highest BCUT2D eigenvalue weighted by Gasteiger charge is 2.23. The van der Waals surface area contributed by atoms with Crippen molar-refractivity contribution in [2.75, 3.05) is 13.2 Å². The van der Waals surface area contributed by atoms with Crippen molar-refractivity contribution in [3.8, 4) is 22.9 Å². The molecule has 4 rings (SSSR count). The topological polar surface area (TPSA) is 86.5 Å². The quantitative estimate of drug-likeness (QED) is 0.664. The van der Waals surface area contributed by atoms with Crippen molar-refractivity contribution in [3.63, 3.8) is 0 Å². The van der Waals surface area contributed by atoms with E-state index >= 15 is 0 Å². The Hall–Kier alpha value is -3.68. The van der Waals surface area contributed by atoms with Crippen molar-refractivity contribution in [2.24, 2.45) is 0 Å². The molecule has 1 aliphatic rings. The second-order valence-electron chi connectivity index (χ2n) is 6.72. The van der Waals surface area contributed by atoms with Crippen LogP contribution in [-0.4, -0.2) is 29.3 Å². The Labute approximate surface area is 172 Å². The number of aromatic nitrogens is 2. The molecule has 0 saturated carbocycles. The lowest BCUT2D eigenvalue weighted by atomic mass is 10.1. The van der Waals surface area contributed by atoms with Gasteiger partial charge in [0.25, 0.3) is 5.91 Å². The molecule has 1 atom stereocenters. The van der Waals surface area contributed by atoms with E-state index in [2.05, 4.69) is 15.5 Å². The van der Waals surface area contributed by atoms with E-state index in [4.69, 9.17) is 14.0 Å². The number of carbonyl (C=O) groups excluding carboxylic acids is 1. The number of benzene rings is 2. The molecule has 8 heteroatoms. The number of hydrogen-bond donors (Lipinski definition) is 1. The lowest BCUT2D eigenvalue weighted by molar-refractivity contribution is -0.118. The lowest BCUT2D eigenvalue weighted by Gasteiger charge is -2.20. The van der Waals surface area contributed by atoms with E-state index in [1.54, 1.807) is 25.1 Å². The summed E-state index contributed by atoms with van der Waals surface area (Å²) in [5, 5.41) is 6.74. The fourth-order valence-electron chi connectivity index (χ4n) is 3.06. The van der Waals surface area contributed by atoms with Crippen LogP contribution in [0.5, 0.6) is 11.5 Å². The second kappa shape index (κ2) is 8.36. The zero-order chi connectivity index (χ0) is 21.1. The van der Waals surface area contributed by atoms with Crippen molar-refractivity contribution in [3.05, 3.63) is 65.3 Å². The highest BCUT2D eigenvalue weighted by molar-refractivity contribution is 5.99. The molecule has 0 saturated heterocycles. The molecule has 2 aromatic carbocycles. The van der Waals surface area contributed by atoms with Gasteiger partial charge in [-0.2, -0.15) is 4.98 Å². The van der Waals surface area contributed by atoms with Gasteiger partial charge in [-0.15, -0.1) is 0 Å². The minimum absolute atomic E-state index is 0.125. The average Bonchev–Trinajstić information content (AvgIpc) is 3.25. The van der Waals surface area contributed by atoms with E-state index in [0.717, 1.165) is 5.56 Å². The van der Waals surface area contributed by atoms with Crippen LogP contribution >= 0.6 is 0 Å². The van der Waals surface area contributed by atoms with E-state index in [9.17, 15) is 9.18 Å². The zero-order valence-corrected chi connectivity index (χ0v) is 16.5. The minimum atomic E-state index is -0.517. The van der Waals surface area contributed by atoms with E-state index in [-0.39, 0.29) is 24.2 Å². The number of para-hydroxylation sites is 1. The van der Waals surface area contributed by atoms with Crippen LogP contribution in [0.15, 0.2) is 52.6 Å². The standard InChI is InChI=1S/C22H20FN3O4/c1-3-28-18-6-4-5-15-11-16(12-29-19(15)18)21(27)24-13(2)22-25-20(26-30-22)14-7-9-17(23)10-8-14/h4-11,13H,3,12H2,1-2H3,(H,24,27). The maximum Gasteiger partial charge on any atom is 0.251 e. The van der Waals surface area contributed by atoms with Crippen molar-refractivity contribution < 1.29 is 23.2 Å². The number of halogens is 1. The molecule has 1 N–H and O–H groups in total. The van der Waals surface area contributed by atoms with Gasteiger partial charge >= 0.3 is 0 Å². The molecule has 1 amide bonds. The van der Waals surface area contributed by atoms with Gasteiger partial charge < -0.3 is 19.3 Å². The Bertz CT molecular complexity index is 1090. The third-order valence-electron chi connectivity index (χ3n) is 4.56. The van der Waals surface area contributed by atoms with Crippen molar-refractivity contribution in [1.82, 2.24) is 15.5 Å². The van der Waals surface area contributed by atoms with E-state index in [1.165, 1.54) is 12.1 Å². The molecule has 0 bridgehead atoms. The van der Waals surface area contributed by atoms with Crippen LogP contribution in [0.1, 0.15) is 31.3 Å². The molecule has 1 aliphatic heterocycles. The molecule has 154 valence electrons. The Morgan fingerprint density at radius 2 is 2.07 bits per heavy atom. The van der Waals surface area contributed by atoms with Crippen LogP contribution in [0.2, 0.25) is 0 Å². The van der Waals surface area contributed by atoms with Crippen LogP contribution < -0.4 is 14.8 Å². The Morgan fingerprint density at radius 3 is 2.83 bits per heavy atom. The van der Waals surface area contributed by atoms with Crippen LogP contribution in [-0.2, 0) is 4.79 Å². The molecule has 2 heterocycles. The predicted octanol–water partition coefficient (Wildman–Crippen LogP) is 3.93. The summed E-state index contributed by atoms with van der Waals surface area (Å²) in [7, 11) is 0. The molecule has 30 heavy (non-hydrogen) atoms. The van der Waals surface area contributed by atoms with E-state index in [1.807, 2.05) is 25.1 Å². The van der Waals surface area contributed by atoms with Crippen molar-refractivity contribution in [2.45, 2.75) is 19.9 Å². The molecule has 0 spiro atoms. The van der Waals surface area contributed by atoms with Crippen molar-refractivity contribution in [1.29, 1.82) is 0 Å². The predicted molar refractivity (Wildman–Crippen MR) is 107 cm³/mol. The van der Waals surface area contributed by atoms with Crippen molar-refractivity contribution >= 4 is 12.0 Å². The van der Waals surface area contributed by atoms with Gasteiger partial charge in [0.2, 0.25) is 11.7 Å². The number of amides is 1. The van der Waals surface area contributed by atoms with E-state index < -0.39 is 6.04 Å². The summed E-state index contributed by atoms with van der Waals surface area (Å²) in [6.45, 7) is 4.29. The van der Waals surface area contributed by atoms with Crippen LogP contribution in [0.25, 0.3) is 17.5 Å². The summed E-state index contributed by atoms with van der Waals surface area (Å²) in [4.78, 5) is 17.0. The maximum absolute atomic E-state index is 13.1. The highest BCUT2D eigenvalue weighted by atomic mass is 19.1. The van der Waals surface area contributed by atoms with Gasteiger partial charge in [-0.25, -0.2) is 4.39 Å². The third kappa shape index (κ3) is 4.03. The van der Waals surface area contributed by atoms with Crippen LogP contribution in [0.4, 0.5) is 4.39 Å². The molecule has 1 aromatic heterocycles. The van der Waals surface area contributed by atoms with E-state index in [0.29, 0.717) is 35.1 Å². The van der Waals surface area contributed by atoms with Gasteiger partial charge in [0, 0.05) is 11.1 Å². The molecule has 1 unspecified atom stereocenters. The van der Waals surface area contributed by atoms with Gasteiger partial charge in [0.1, 0.15) is 18.5 Å². The normalized spacial score (nSPS) is 13.6. The van der Waals surface area contributed by atoms with Gasteiger partial charge in [-0.05, 0) is 50.3 Å². The summed E-state index contributed by atoms with van der Waals surface area (Å²) in [6, 6.07) is 10.8. The Morgan fingerprint density at radius 1 is 1.27 bits per heavy atom. The lowest BCUT2D eigenvalue weighted by Crippen LogP contribution is -2.31. The van der Waals surface area contributed by atoms with Gasteiger partial charge in [-0.1, -0.05) is 17.3 Å². The number of ether oxygens (including phenoxy) is 2. The van der Waals surface area contributed by atoms with Gasteiger partial charge in [-0.3, -0.25) is 4.79 Å². The first-order valence-electron chi connectivity index (χ1n) is 9.54. The SMILES string of the molecule is CCOc1cccc2c1OCC(C(=O)NC(C)c1nc(-c3ccc(F)cc3)no1)=C2. The third-order valence-corrected chi connectivity index (χ3v) is 4.56. The van der Waals surface area contributed by atoms with Crippen LogP contribution in [0, 0.1) is 5.82 Å². The summed E-state index contributed by atoms with van der Waals surface area (Å²) in [5.74, 6) is 1.21. The number of nitrogens with one attached hydrogen (secondary N) is 1. The molecular formula is C22H20FN3O4. The first kappa shape index (κ1) is 19.6. The molecule has 3 aromatic rings. The number of hydrogen-bond acceptors (Lipinski definition) is 6. The summed E-state index contributed by atoms with van der Waals surface area (Å²) < 4.78 is 29.7. The molecule has 0 aliphatic carbocycles. The number of carbonyl (C=O) groups is 1. The fourth-order valence-corrected chi connectivity index (χ4v) is 3.06. The maximum atomic E-state index is 13.1. The molecular weight excluding hydrogens is 389 g/mol. The smallest absolute Gasteiger partial charge is 0.251 e. The van der Waals surface area contributed by atoms with Gasteiger partial charge in [0.05, 0.1) is 12.2 Å². The second-order valence-corrected chi connectivity index (χ2v) is 6.72. The Balaban J connectivity index is 1.46. The average molecular weight is 409 g/mol. The zero-order valence-electron chi connectivity index (χ0n) is 16.5. The largest absolute Gasteiger partial charge is 0.490 e. The summed E-state index contributed by atoms with van der Waals surface area (Å²) in [6.07, 6.45) is 1.78. The first-order chi connectivity index (χ1) is 14.5. The van der Waals surface area contributed by atoms with Gasteiger partial charge in [0.15, 0.2) is 11.5 Å². The monoisotopic (exact) mass is 409 g/mol. The summed E-state index contributed by atoms with van der Waals surface area (Å²) >= 11 is 0. The fraction of sp³-hybridized carbons (Fsp3) is 0.227. The summed E-state index contributed by atoms with van der Waals surface area (Å²) in [5.41, 5.74) is 1.87. The van der Waals surface area contributed by atoms with Crippen LogP contribution in [0.3, 0.4) is 0 Å². The minimum Gasteiger partial charge on any atom is -0.490 e. The molecule has 0 radical (unpaired) electrons. The number of rotatable bonds is 6. The highest BCUT2D eigenvalue weighted by Crippen LogP contribution is 2.35. The molecule has 7 nitrogen and oxygen atoms in total. The first-order valence-corrected chi connectivity index (χ1v) is 9.54.